The molecule has 0 aromatic heterocycles. The molecule has 6 nitrogen and oxygen atoms in total. The van der Waals surface area contributed by atoms with Crippen LogP contribution in [0.1, 0.15) is 31.2 Å². The molecule has 170 valence electrons. The molecule has 0 unspecified atom stereocenters. The Morgan fingerprint density at radius 2 is 1.88 bits per heavy atom. The minimum atomic E-state index is -0.638. The van der Waals surface area contributed by atoms with Crippen LogP contribution in [0.5, 0.6) is 0 Å². The van der Waals surface area contributed by atoms with E-state index >= 15 is 0 Å². The van der Waals surface area contributed by atoms with Gasteiger partial charge in [0.05, 0.1) is 24.3 Å². The van der Waals surface area contributed by atoms with Gasteiger partial charge in [-0.1, -0.05) is 30.2 Å². The fraction of sp³-hybridized carbons (Fsp3) is 0.417. The number of benzene rings is 2. The fourth-order valence-corrected chi connectivity index (χ4v) is 4.40. The number of rotatable bonds is 7. The van der Waals surface area contributed by atoms with E-state index in [1.165, 1.54) is 18.2 Å². The van der Waals surface area contributed by atoms with Crippen molar-refractivity contribution in [1.29, 1.82) is 0 Å². The van der Waals surface area contributed by atoms with Crippen LogP contribution in [0.25, 0.3) is 0 Å². The standard InChI is InChI=1S/C24H27ClFN3O3/c25-18-4-1-3-17(15-18)24(8-2-9-24)23(31)27-19-5-6-20(26)21(16-19)28-22(30)7-10-29-11-13-32-14-12-29/h1,3-6,15-16H,2,7-14H2,(H,27,31)(H,28,30). The molecule has 2 N–H and O–H groups in total. The van der Waals surface area contributed by atoms with Gasteiger partial charge in [0.2, 0.25) is 11.8 Å². The second-order valence-electron chi connectivity index (χ2n) is 8.35. The number of carbonyl (C=O) groups excluding carboxylic acids is 2. The van der Waals surface area contributed by atoms with E-state index in [0.717, 1.165) is 37.9 Å². The summed E-state index contributed by atoms with van der Waals surface area (Å²) in [4.78, 5) is 27.7. The van der Waals surface area contributed by atoms with E-state index in [4.69, 9.17) is 16.3 Å². The van der Waals surface area contributed by atoms with Crippen LogP contribution < -0.4 is 10.6 Å². The van der Waals surface area contributed by atoms with E-state index in [9.17, 15) is 14.0 Å². The maximum absolute atomic E-state index is 14.3. The first-order chi connectivity index (χ1) is 15.5. The Kier molecular flexibility index (Phi) is 7.08. The molecule has 0 radical (unpaired) electrons. The Morgan fingerprint density at radius 1 is 1.09 bits per heavy atom. The summed E-state index contributed by atoms with van der Waals surface area (Å²) in [6, 6.07) is 11.6. The van der Waals surface area contributed by atoms with Gasteiger partial charge in [0.15, 0.2) is 0 Å². The highest BCUT2D eigenvalue weighted by Crippen LogP contribution is 2.45. The summed E-state index contributed by atoms with van der Waals surface area (Å²) in [5, 5.41) is 6.12. The Labute approximate surface area is 192 Å². The zero-order valence-corrected chi connectivity index (χ0v) is 18.6. The summed E-state index contributed by atoms with van der Waals surface area (Å²) in [6.07, 6.45) is 2.67. The van der Waals surface area contributed by atoms with Gasteiger partial charge in [-0.25, -0.2) is 4.39 Å². The number of hydrogen-bond donors (Lipinski definition) is 2. The molecule has 2 aliphatic rings. The number of carbonyl (C=O) groups is 2. The van der Waals surface area contributed by atoms with Gasteiger partial charge in [-0.15, -0.1) is 0 Å². The van der Waals surface area contributed by atoms with Gasteiger partial charge in [-0.2, -0.15) is 0 Å². The minimum absolute atomic E-state index is 0.0557. The van der Waals surface area contributed by atoms with Crippen LogP contribution in [0.4, 0.5) is 15.8 Å². The molecular weight excluding hydrogens is 433 g/mol. The second-order valence-corrected chi connectivity index (χ2v) is 8.78. The van der Waals surface area contributed by atoms with Gasteiger partial charge in [0.1, 0.15) is 5.82 Å². The van der Waals surface area contributed by atoms with E-state index in [0.29, 0.717) is 30.5 Å². The molecule has 2 fully saturated rings. The van der Waals surface area contributed by atoms with Crippen LogP contribution in [0, 0.1) is 5.82 Å². The van der Waals surface area contributed by atoms with Crippen molar-refractivity contribution in [2.75, 3.05) is 43.5 Å². The van der Waals surface area contributed by atoms with Crippen molar-refractivity contribution in [3.05, 3.63) is 58.9 Å². The van der Waals surface area contributed by atoms with Crippen molar-refractivity contribution in [2.24, 2.45) is 0 Å². The zero-order chi connectivity index (χ0) is 22.6. The number of morpholine rings is 1. The molecule has 2 amide bonds. The summed E-state index contributed by atoms with van der Waals surface area (Å²) >= 11 is 6.14. The van der Waals surface area contributed by atoms with Gasteiger partial charge >= 0.3 is 0 Å². The Balaban J connectivity index is 1.40. The quantitative estimate of drug-likeness (QED) is 0.651. The molecule has 0 atom stereocenters. The topological polar surface area (TPSA) is 70.7 Å². The van der Waals surface area contributed by atoms with Gasteiger partial charge in [0, 0.05) is 36.8 Å². The molecule has 1 saturated carbocycles. The summed E-state index contributed by atoms with van der Waals surface area (Å²) < 4.78 is 19.6. The number of anilines is 2. The molecule has 0 bridgehead atoms. The fourth-order valence-electron chi connectivity index (χ4n) is 4.21. The summed E-state index contributed by atoms with van der Waals surface area (Å²) in [6.45, 7) is 3.49. The molecule has 4 rings (SSSR count). The highest BCUT2D eigenvalue weighted by Gasteiger charge is 2.45. The van der Waals surface area contributed by atoms with E-state index in [1.807, 2.05) is 18.2 Å². The molecule has 0 spiro atoms. The van der Waals surface area contributed by atoms with Crippen molar-refractivity contribution in [3.63, 3.8) is 0 Å². The lowest BCUT2D eigenvalue weighted by Crippen LogP contribution is -2.46. The summed E-state index contributed by atoms with van der Waals surface area (Å²) in [5.74, 6) is -0.966. The van der Waals surface area contributed by atoms with Gasteiger partial charge in [-0.3, -0.25) is 14.5 Å². The van der Waals surface area contributed by atoms with Crippen LogP contribution >= 0.6 is 11.6 Å². The minimum Gasteiger partial charge on any atom is -0.379 e. The third-order valence-electron chi connectivity index (χ3n) is 6.28. The largest absolute Gasteiger partial charge is 0.379 e. The normalized spacial score (nSPS) is 17.9. The average molecular weight is 460 g/mol. The second kappa shape index (κ2) is 9.98. The number of halogens is 2. The maximum Gasteiger partial charge on any atom is 0.235 e. The van der Waals surface area contributed by atoms with Crippen molar-refractivity contribution in [2.45, 2.75) is 31.1 Å². The van der Waals surface area contributed by atoms with Crippen LogP contribution in [0.3, 0.4) is 0 Å². The SMILES string of the molecule is O=C(CCN1CCOCC1)Nc1cc(NC(=O)C2(c3cccc(Cl)c3)CCC2)ccc1F. The molecule has 2 aromatic carbocycles. The zero-order valence-electron chi connectivity index (χ0n) is 17.8. The average Bonchev–Trinajstić information content (AvgIpc) is 2.75. The molecule has 32 heavy (non-hydrogen) atoms. The lowest BCUT2D eigenvalue weighted by atomic mass is 9.64. The van der Waals surface area contributed by atoms with E-state index in [2.05, 4.69) is 15.5 Å². The van der Waals surface area contributed by atoms with Crippen molar-refractivity contribution in [1.82, 2.24) is 4.90 Å². The van der Waals surface area contributed by atoms with Crippen molar-refractivity contribution in [3.8, 4) is 0 Å². The number of nitrogens with one attached hydrogen (secondary N) is 2. The van der Waals surface area contributed by atoms with Crippen LogP contribution in [-0.2, 0) is 19.7 Å². The van der Waals surface area contributed by atoms with Crippen molar-refractivity contribution < 1.29 is 18.7 Å². The summed E-state index contributed by atoms with van der Waals surface area (Å²) in [5.41, 5.74) is 0.738. The Hall–Kier alpha value is -2.48. The predicted molar refractivity (Wildman–Crippen MR) is 123 cm³/mol. The van der Waals surface area contributed by atoms with E-state index in [1.54, 1.807) is 6.07 Å². The third-order valence-corrected chi connectivity index (χ3v) is 6.51. The molecule has 8 heteroatoms. The first-order valence-corrected chi connectivity index (χ1v) is 11.3. The molecular formula is C24H27ClFN3O3. The van der Waals surface area contributed by atoms with Gasteiger partial charge in [-0.05, 0) is 48.7 Å². The Morgan fingerprint density at radius 3 is 2.56 bits per heavy atom. The van der Waals surface area contributed by atoms with Crippen LogP contribution in [0.15, 0.2) is 42.5 Å². The monoisotopic (exact) mass is 459 g/mol. The highest BCUT2D eigenvalue weighted by atomic mass is 35.5. The number of hydrogen-bond acceptors (Lipinski definition) is 4. The number of amides is 2. The van der Waals surface area contributed by atoms with Crippen LogP contribution in [0.2, 0.25) is 5.02 Å². The molecule has 1 heterocycles. The van der Waals surface area contributed by atoms with Crippen LogP contribution in [-0.4, -0.2) is 49.6 Å². The first-order valence-electron chi connectivity index (χ1n) is 10.9. The molecule has 1 aliphatic carbocycles. The number of nitrogens with zero attached hydrogens (tertiary/aromatic N) is 1. The maximum atomic E-state index is 14.3. The Bertz CT molecular complexity index is 990. The van der Waals surface area contributed by atoms with Gasteiger partial charge < -0.3 is 15.4 Å². The predicted octanol–water partition coefficient (Wildman–Crippen LogP) is 4.20. The lowest BCUT2D eigenvalue weighted by molar-refractivity contribution is -0.124. The highest BCUT2D eigenvalue weighted by molar-refractivity contribution is 6.30. The molecule has 1 aliphatic heterocycles. The third kappa shape index (κ3) is 5.11. The molecule has 1 saturated heterocycles. The smallest absolute Gasteiger partial charge is 0.235 e. The van der Waals surface area contributed by atoms with E-state index < -0.39 is 11.2 Å². The first kappa shape index (κ1) is 22.7. The molecule has 2 aromatic rings. The van der Waals surface area contributed by atoms with Crippen molar-refractivity contribution >= 4 is 34.8 Å². The summed E-state index contributed by atoms with van der Waals surface area (Å²) in [7, 11) is 0. The lowest BCUT2D eigenvalue weighted by Gasteiger charge is -2.40. The number of ether oxygens (including phenoxy) is 1. The van der Waals surface area contributed by atoms with E-state index in [-0.39, 0.29) is 23.9 Å². The van der Waals surface area contributed by atoms with Gasteiger partial charge in [0.25, 0.3) is 0 Å².